The SMILES string of the molecule is Cc1nsc(Cn2c(Cl)cncc2=O)n1. The Kier molecular flexibility index (Phi) is 2.79. The third-order valence-electron chi connectivity index (χ3n) is 1.75. The molecular formula is C8H7ClN4OS. The molecule has 0 aliphatic carbocycles. The molecule has 0 saturated carbocycles. The fourth-order valence-corrected chi connectivity index (χ4v) is 1.94. The summed E-state index contributed by atoms with van der Waals surface area (Å²) in [5.74, 6) is 0.702. The number of rotatable bonds is 2. The molecule has 0 spiro atoms. The van der Waals surface area contributed by atoms with Crippen molar-refractivity contribution in [3.63, 3.8) is 0 Å². The molecule has 0 aliphatic heterocycles. The number of aromatic nitrogens is 4. The smallest absolute Gasteiger partial charge is 0.270 e. The molecule has 0 saturated heterocycles. The van der Waals surface area contributed by atoms with Gasteiger partial charge >= 0.3 is 0 Å². The average Bonchev–Trinajstić information content (AvgIpc) is 2.58. The Hall–Kier alpha value is -1.27. The van der Waals surface area contributed by atoms with Crippen LogP contribution in [0.5, 0.6) is 0 Å². The van der Waals surface area contributed by atoms with Crippen LogP contribution in [0.1, 0.15) is 10.8 Å². The largest absolute Gasteiger partial charge is 0.289 e. The average molecular weight is 243 g/mol. The van der Waals surface area contributed by atoms with E-state index in [0.29, 0.717) is 17.5 Å². The van der Waals surface area contributed by atoms with E-state index in [1.165, 1.54) is 28.5 Å². The maximum absolute atomic E-state index is 11.4. The Balaban J connectivity index is 2.36. The molecule has 2 heterocycles. The van der Waals surface area contributed by atoms with Gasteiger partial charge in [0.15, 0.2) is 0 Å². The summed E-state index contributed by atoms with van der Waals surface area (Å²) in [6.45, 7) is 2.14. The van der Waals surface area contributed by atoms with E-state index in [2.05, 4.69) is 14.3 Å². The first-order valence-electron chi connectivity index (χ1n) is 4.16. The van der Waals surface area contributed by atoms with Gasteiger partial charge in [-0.25, -0.2) is 4.98 Å². The third kappa shape index (κ3) is 2.21. The minimum atomic E-state index is -0.240. The fraction of sp³-hybridized carbons (Fsp3) is 0.250. The summed E-state index contributed by atoms with van der Waals surface area (Å²) in [5, 5.41) is 1.05. The highest BCUT2D eigenvalue weighted by atomic mass is 35.5. The first kappa shape index (κ1) is 10.3. The third-order valence-corrected chi connectivity index (χ3v) is 2.84. The quantitative estimate of drug-likeness (QED) is 0.791. The topological polar surface area (TPSA) is 60.7 Å². The molecule has 5 nitrogen and oxygen atoms in total. The van der Waals surface area contributed by atoms with Crippen LogP contribution in [0.4, 0.5) is 0 Å². The molecule has 0 aromatic carbocycles. The molecule has 0 N–H and O–H groups in total. The van der Waals surface area contributed by atoms with Gasteiger partial charge in [-0.2, -0.15) is 4.37 Å². The molecule has 15 heavy (non-hydrogen) atoms. The Bertz CT molecular complexity index is 535. The summed E-state index contributed by atoms with van der Waals surface area (Å²) >= 11 is 7.11. The van der Waals surface area contributed by atoms with Crippen molar-refractivity contribution >= 4 is 23.1 Å². The van der Waals surface area contributed by atoms with Gasteiger partial charge in [-0.1, -0.05) is 11.6 Å². The van der Waals surface area contributed by atoms with Crippen LogP contribution in [0.25, 0.3) is 0 Å². The second-order valence-electron chi connectivity index (χ2n) is 2.89. The van der Waals surface area contributed by atoms with Crippen LogP contribution in [0.3, 0.4) is 0 Å². The van der Waals surface area contributed by atoms with Crippen molar-refractivity contribution in [1.29, 1.82) is 0 Å². The van der Waals surface area contributed by atoms with Gasteiger partial charge in [-0.3, -0.25) is 14.3 Å². The van der Waals surface area contributed by atoms with Gasteiger partial charge in [-0.05, 0) is 18.5 Å². The summed E-state index contributed by atoms with van der Waals surface area (Å²) in [7, 11) is 0. The highest BCUT2D eigenvalue weighted by molar-refractivity contribution is 7.05. The Morgan fingerprint density at radius 3 is 2.93 bits per heavy atom. The first-order chi connectivity index (χ1) is 7.16. The van der Waals surface area contributed by atoms with Crippen molar-refractivity contribution in [1.82, 2.24) is 18.9 Å². The van der Waals surface area contributed by atoms with Crippen molar-refractivity contribution in [3.8, 4) is 0 Å². The maximum Gasteiger partial charge on any atom is 0.270 e. The van der Waals surface area contributed by atoms with Gasteiger partial charge in [-0.15, -0.1) is 0 Å². The van der Waals surface area contributed by atoms with Crippen LogP contribution in [-0.2, 0) is 6.54 Å². The van der Waals surface area contributed by atoms with E-state index in [1.54, 1.807) is 6.92 Å². The summed E-state index contributed by atoms with van der Waals surface area (Å²) < 4.78 is 5.43. The van der Waals surface area contributed by atoms with Gasteiger partial charge in [0, 0.05) is 0 Å². The van der Waals surface area contributed by atoms with Gasteiger partial charge in [0.05, 0.1) is 18.9 Å². The van der Waals surface area contributed by atoms with Gasteiger partial charge < -0.3 is 0 Å². The zero-order chi connectivity index (χ0) is 10.8. The van der Waals surface area contributed by atoms with E-state index in [0.717, 1.165) is 5.01 Å². The molecule has 0 amide bonds. The lowest BCUT2D eigenvalue weighted by Gasteiger charge is -2.03. The summed E-state index contributed by atoms with van der Waals surface area (Å²) in [4.78, 5) is 19.3. The molecule has 0 atom stereocenters. The Morgan fingerprint density at radius 1 is 1.53 bits per heavy atom. The molecule has 0 aliphatic rings. The predicted molar refractivity (Wildman–Crippen MR) is 57.3 cm³/mol. The van der Waals surface area contributed by atoms with Gasteiger partial charge in [0.25, 0.3) is 5.56 Å². The lowest BCUT2D eigenvalue weighted by atomic mass is 10.6. The summed E-state index contributed by atoms with van der Waals surface area (Å²) in [6, 6.07) is 0. The molecule has 2 aromatic rings. The highest BCUT2D eigenvalue weighted by Crippen LogP contribution is 2.09. The molecule has 0 radical (unpaired) electrons. The van der Waals surface area contributed by atoms with E-state index in [-0.39, 0.29) is 5.56 Å². The van der Waals surface area contributed by atoms with Gasteiger partial charge in [0.1, 0.15) is 16.0 Å². The van der Waals surface area contributed by atoms with E-state index in [1.807, 2.05) is 0 Å². The van der Waals surface area contributed by atoms with Crippen molar-refractivity contribution in [2.24, 2.45) is 0 Å². The lowest BCUT2D eigenvalue weighted by molar-refractivity contribution is 0.742. The number of hydrogen-bond donors (Lipinski definition) is 0. The van der Waals surface area contributed by atoms with Crippen molar-refractivity contribution in [3.05, 3.63) is 38.7 Å². The second kappa shape index (κ2) is 4.08. The van der Waals surface area contributed by atoms with Crippen LogP contribution in [0.2, 0.25) is 5.15 Å². The molecule has 2 rings (SSSR count). The molecule has 0 fully saturated rings. The second-order valence-corrected chi connectivity index (χ2v) is 4.11. The zero-order valence-corrected chi connectivity index (χ0v) is 9.42. The minimum absolute atomic E-state index is 0.240. The van der Waals surface area contributed by atoms with E-state index < -0.39 is 0 Å². The van der Waals surface area contributed by atoms with E-state index >= 15 is 0 Å². The van der Waals surface area contributed by atoms with Crippen LogP contribution in [-0.4, -0.2) is 18.9 Å². The normalized spacial score (nSPS) is 10.5. The van der Waals surface area contributed by atoms with E-state index in [4.69, 9.17) is 11.6 Å². The Morgan fingerprint density at radius 2 is 2.33 bits per heavy atom. The van der Waals surface area contributed by atoms with Crippen molar-refractivity contribution in [2.75, 3.05) is 0 Å². The number of hydrogen-bond acceptors (Lipinski definition) is 5. The molecular weight excluding hydrogens is 236 g/mol. The molecule has 0 unspecified atom stereocenters. The number of nitrogens with zero attached hydrogens (tertiary/aromatic N) is 4. The standard InChI is InChI=1S/C8H7ClN4OS/c1-5-11-7(15-12-5)4-13-6(9)2-10-3-8(13)14/h2-3H,4H2,1H3. The van der Waals surface area contributed by atoms with Crippen molar-refractivity contribution in [2.45, 2.75) is 13.5 Å². The van der Waals surface area contributed by atoms with Crippen molar-refractivity contribution < 1.29 is 0 Å². The molecule has 7 heteroatoms. The number of halogens is 1. The zero-order valence-electron chi connectivity index (χ0n) is 7.85. The van der Waals surface area contributed by atoms with Crippen LogP contribution < -0.4 is 5.56 Å². The van der Waals surface area contributed by atoms with Gasteiger partial charge in [0.2, 0.25) is 0 Å². The highest BCUT2D eigenvalue weighted by Gasteiger charge is 2.06. The molecule has 2 aromatic heterocycles. The minimum Gasteiger partial charge on any atom is -0.289 e. The maximum atomic E-state index is 11.4. The summed E-state index contributed by atoms with van der Waals surface area (Å²) in [6.07, 6.45) is 2.65. The lowest BCUT2D eigenvalue weighted by Crippen LogP contribution is -2.20. The predicted octanol–water partition coefficient (Wildman–Crippen LogP) is 1.10. The fourth-order valence-electron chi connectivity index (χ4n) is 1.10. The van der Waals surface area contributed by atoms with Crippen LogP contribution in [0, 0.1) is 6.92 Å². The monoisotopic (exact) mass is 242 g/mol. The molecule has 0 bridgehead atoms. The van der Waals surface area contributed by atoms with Crippen LogP contribution in [0.15, 0.2) is 17.2 Å². The number of aryl methyl sites for hydroxylation is 1. The summed E-state index contributed by atoms with van der Waals surface area (Å²) in [5.41, 5.74) is -0.240. The van der Waals surface area contributed by atoms with Crippen LogP contribution >= 0.6 is 23.1 Å². The van der Waals surface area contributed by atoms with E-state index in [9.17, 15) is 4.79 Å². The first-order valence-corrected chi connectivity index (χ1v) is 5.31. The Labute approximate surface area is 94.6 Å². The molecule has 78 valence electrons.